The molecular weight excluding hydrogens is 246 g/mol. The Morgan fingerprint density at radius 1 is 1.25 bits per heavy atom. The molecule has 0 aromatic rings. The van der Waals surface area contributed by atoms with Crippen LogP contribution in [0.5, 0.6) is 0 Å². The highest BCUT2D eigenvalue weighted by molar-refractivity contribution is 5.13. The van der Waals surface area contributed by atoms with Crippen molar-refractivity contribution in [3.8, 4) is 6.07 Å². The predicted molar refractivity (Wildman–Crippen MR) is 83.5 cm³/mol. The zero-order valence-electron chi connectivity index (χ0n) is 13.3. The lowest BCUT2D eigenvalue weighted by atomic mass is 9.86. The highest BCUT2D eigenvalue weighted by atomic mass is 15.2. The lowest BCUT2D eigenvalue weighted by molar-refractivity contribution is 0.170. The summed E-state index contributed by atoms with van der Waals surface area (Å²) < 4.78 is 0. The Hall–Kier alpha value is -0.590. The van der Waals surface area contributed by atoms with Crippen molar-refractivity contribution in [2.75, 3.05) is 20.1 Å². The second-order valence-corrected chi connectivity index (χ2v) is 6.66. The van der Waals surface area contributed by atoms with E-state index in [4.69, 9.17) is 0 Å². The standard InChI is InChI=1S/C17H31N3/c1-3-16-9-5-4-6-12-20(16)13-10-15-8-7-11-17(15,14-18)19-2/h15-16,19H,3-13H2,1-2H3. The number of hydrogen-bond acceptors (Lipinski definition) is 3. The van der Waals surface area contributed by atoms with Gasteiger partial charge >= 0.3 is 0 Å². The molecule has 0 aromatic carbocycles. The van der Waals surface area contributed by atoms with E-state index < -0.39 is 0 Å². The molecule has 2 fully saturated rings. The maximum atomic E-state index is 9.54. The Balaban J connectivity index is 1.91. The minimum Gasteiger partial charge on any atom is -0.302 e. The largest absolute Gasteiger partial charge is 0.302 e. The summed E-state index contributed by atoms with van der Waals surface area (Å²) in [7, 11) is 1.96. The molecule has 1 heterocycles. The van der Waals surface area contributed by atoms with Crippen LogP contribution >= 0.6 is 0 Å². The molecule has 3 heteroatoms. The van der Waals surface area contributed by atoms with Crippen molar-refractivity contribution in [2.24, 2.45) is 5.92 Å². The molecule has 2 aliphatic rings. The van der Waals surface area contributed by atoms with Crippen LogP contribution in [0.1, 0.15) is 64.7 Å². The molecule has 3 unspecified atom stereocenters. The second-order valence-electron chi connectivity index (χ2n) is 6.66. The Bertz CT molecular complexity index is 336. The SMILES string of the molecule is CCC1CCCCCN1CCC1CCCC1(C#N)NC. The molecule has 1 saturated heterocycles. The molecule has 0 aromatic heterocycles. The van der Waals surface area contributed by atoms with E-state index in [1.165, 1.54) is 64.5 Å². The van der Waals surface area contributed by atoms with E-state index in [0.29, 0.717) is 5.92 Å². The Labute approximate surface area is 124 Å². The van der Waals surface area contributed by atoms with Gasteiger partial charge in [-0.2, -0.15) is 5.26 Å². The van der Waals surface area contributed by atoms with Crippen LogP contribution in [-0.4, -0.2) is 36.6 Å². The van der Waals surface area contributed by atoms with Gasteiger partial charge in [0.15, 0.2) is 0 Å². The molecule has 0 amide bonds. The Morgan fingerprint density at radius 2 is 2.10 bits per heavy atom. The van der Waals surface area contributed by atoms with E-state index in [1.54, 1.807) is 0 Å². The zero-order valence-corrected chi connectivity index (χ0v) is 13.3. The van der Waals surface area contributed by atoms with Crippen molar-refractivity contribution in [1.29, 1.82) is 5.26 Å². The first-order valence-electron chi connectivity index (χ1n) is 8.60. The van der Waals surface area contributed by atoms with Gasteiger partial charge in [0.1, 0.15) is 5.54 Å². The predicted octanol–water partition coefficient (Wildman–Crippen LogP) is 3.31. The number of nitrogens with zero attached hydrogens (tertiary/aromatic N) is 2. The van der Waals surface area contributed by atoms with Gasteiger partial charge in [-0.1, -0.05) is 26.2 Å². The van der Waals surface area contributed by atoms with Crippen LogP contribution in [0.15, 0.2) is 0 Å². The fourth-order valence-electron chi connectivity index (χ4n) is 4.32. The van der Waals surface area contributed by atoms with Crippen molar-refractivity contribution in [3.05, 3.63) is 0 Å². The monoisotopic (exact) mass is 277 g/mol. The fraction of sp³-hybridized carbons (Fsp3) is 0.941. The van der Waals surface area contributed by atoms with Crippen LogP contribution in [0.3, 0.4) is 0 Å². The Morgan fingerprint density at radius 3 is 2.80 bits per heavy atom. The van der Waals surface area contributed by atoms with E-state index in [9.17, 15) is 5.26 Å². The normalized spacial score (nSPS) is 35.6. The lowest BCUT2D eigenvalue weighted by Gasteiger charge is -2.33. The van der Waals surface area contributed by atoms with E-state index in [2.05, 4.69) is 23.2 Å². The van der Waals surface area contributed by atoms with Gasteiger partial charge in [-0.05, 0) is 64.6 Å². The van der Waals surface area contributed by atoms with Crippen LogP contribution in [0.4, 0.5) is 0 Å². The highest BCUT2D eigenvalue weighted by Crippen LogP contribution is 2.37. The molecule has 0 radical (unpaired) electrons. The zero-order chi connectivity index (χ0) is 14.4. The number of hydrogen-bond donors (Lipinski definition) is 1. The van der Waals surface area contributed by atoms with Crippen LogP contribution in [0.25, 0.3) is 0 Å². The van der Waals surface area contributed by atoms with Gasteiger partial charge in [0.2, 0.25) is 0 Å². The second kappa shape index (κ2) is 7.43. The summed E-state index contributed by atoms with van der Waals surface area (Å²) in [6.07, 6.45) is 11.4. The van der Waals surface area contributed by atoms with Gasteiger partial charge in [0.25, 0.3) is 0 Å². The van der Waals surface area contributed by atoms with Gasteiger partial charge in [-0.15, -0.1) is 0 Å². The average molecular weight is 277 g/mol. The van der Waals surface area contributed by atoms with Gasteiger partial charge in [0.05, 0.1) is 6.07 Å². The molecule has 0 spiro atoms. The summed E-state index contributed by atoms with van der Waals surface area (Å²) in [4.78, 5) is 2.71. The topological polar surface area (TPSA) is 39.1 Å². The van der Waals surface area contributed by atoms with E-state index in [0.717, 1.165) is 12.5 Å². The fourth-order valence-corrected chi connectivity index (χ4v) is 4.32. The summed E-state index contributed by atoms with van der Waals surface area (Å²) in [5, 5.41) is 12.9. The lowest BCUT2D eigenvalue weighted by Crippen LogP contribution is -2.46. The summed E-state index contributed by atoms with van der Waals surface area (Å²) in [5.41, 5.74) is -0.242. The third kappa shape index (κ3) is 3.35. The summed E-state index contributed by atoms with van der Waals surface area (Å²) >= 11 is 0. The minimum absolute atomic E-state index is 0.242. The van der Waals surface area contributed by atoms with Gasteiger partial charge in [0, 0.05) is 6.04 Å². The van der Waals surface area contributed by atoms with Crippen molar-refractivity contribution in [1.82, 2.24) is 10.2 Å². The average Bonchev–Trinajstić information content (AvgIpc) is 2.76. The molecule has 1 aliphatic heterocycles. The molecule has 2 rings (SSSR count). The Kier molecular flexibility index (Phi) is 5.86. The van der Waals surface area contributed by atoms with Crippen LogP contribution in [-0.2, 0) is 0 Å². The first kappa shape index (κ1) is 15.8. The first-order valence-corrected chi connectivity index (χ1v) is 8.60. The van der Waals surface area contributed by atoms with Gasteiger partial charge in [-0.25, -0.2) is 0 Å². The quantitative estimate of drug-likeness (QED) is 0.838. The van der Waals surface area contributed by atoms with Crippen molar-refractivity contribution in [3.63, 3.8) is 0 Å². The number of likely N-dealkylation sites (tertiary alicyclic amines) is 1. The van der Waals surface area contributed by atoms with Crippen molar-refractivity contribution < 1.29 is 0 Å². The third-order valence-corrected chi connectivity index (χ3v) is 5.70. The van der Waals surface area contributed by atoms with Crippen molar-refractivity contribution in [2.45, 2.75) is 76.3 Å². The number of nitriles is 1. The third-order valence-electron chi connectivity index (χ3n) is 5.70. The molecular formula is C17H31N3. The number of nitrogens with one attached hydrogen (secondary N) is 1. The summed E-state index contributed by atoms with van der Waals surface area (Å²) in [5.74, 6) is 0.540. The molecule has 3 atom stereocenters. The molecule has 114 valence electrons. The number of rotatable bonds is 5. The molecule has 1 N–H and O–H groups in total. The van der Waals surface area contributed by atoms with Gasteiger partial charge < -0.3 is 10.2 Å². The van der Waals surface area contributed by atoms with Crippen LogP contribution < -0.4 is 5.32 Å². The maximum absolute atomic E-state index is 9.54. The van der Waals surface area contributed by atoms with E-state index in [-0.39, 0.29) is 5.54 Å². The van der Waals surface area contributed by atoms with Crippen LogP contribution in [0, 0.1) is 17.2 Å². The van der Waals surface area contributed by atoms with E-state index >= 15 is 0 Å². The molecule has 1 aliphatic carbocycles. The van der Waals surface area contributed by atoms with Crippen molar-refractivity contribution >= 4 is 0 Å². The van der Waals surface area contributed by atoms with Crippen LogP contribution in [0.2, 0.25) is 0 Å². The van der Waals surface area contributed by atoms with Gasteiger partial charge in [-0.3, -0.25) is 0 Å². The maximum Gasteiger partial charge on any atom is 0.109 e. The van der Waals surface area contributed by atoms with E-state index in [1.807, 2.05) is 7.05 Å². The first-order chi connectivity index (χ1) is 9.75. The molecule has 1 saturated carbocycles. The molecule has 0 bridgehead atoms. The summed E-state index contributed by atoms with van der Waals surface area (Å²) in [6.45, 7) is 4.78. The molecule has 3 nitrogen and oxygen atoms in total. The minimum atomic E-state index is -0.242. The summed E-state index contributed by atoms with van der Waals surface area (Å²) in [6, 6.07) is 3.36. The molecule has 20 heavy (non-hydrogen) atoms. The highest BCUT2D eigenvalue weighted by Gasteiger charge is 2.41. The smallest absolute Gasteiger partial charge is 0.109 e.